The summed E-state index contributed by atoms with van der Waals surface area (Å²) in [6.45, 7) is 5.04. The maximum absolute atomic E-state index is 13.2. The predicted molar refractivity (Wildman–Crippen MR) is 106 cm³/mol. The molecule has 5 amide bonds. The standard InChI is InChI=1S/C21H28N4O5/c1-14-6-3-4-8-21(14)19(28)25(20(29)22-21)15(2)17(26)23-9-11-24(12-10-23)18(27)16-7-5-13-30-16/h5,7,13-15H,3-4,6,8-12H2,1-2H3,(H,22,29)/t14-,15-,21+/m1/s1. The number of carbonyl (C=O) groups excluding carboxylic acids is 4. The lowest BCUT2D eigenvalue weighted by atomic mass is 9.73. The van der Waals surface area contributed by atoms with Crippen molar-refractivity contribution in [1.82, 2.24) is 20.0 Å². The van der Waals surface area contributed by atoms with Crippen molar-refractivity contribution < 1.29 is 23.6 Å². The van der Waals surface area contributed by atoms with Gasteiger partial charge in [0.05, 0.1) is 6.26 Å². The number of hydrogen-bond acceptors (Lipinski definition) is 5. The Kier molecular flexibility index (Phi) is 5.29. The molecule has 2 saturated heterocycles. The molecule has 3 heterocycles. The summed E-state index contributed by atoms with van der Waals surface area (Å²) in [6.07, 6.45) is 4.88. The maximum atomic E-state index is 13.2. The van der Waals surface area contributed by atoms with Crippen LogP contribution in [-0.2, 0) is 9.59 Å². The quantitative estimate of drug-likeness (QED) is 0.752. The smallest absolute Gasteiger partial charge is 0.325 e. The molecule has 30 heavy (non-hydrogen) atoms. The molecule has 162 valence electrons. The molecule has 0 radical (unpaired) electrons. The van der Waals surface area contributed by atoms with Gasteiger partial charge in [-0.15, -0.1) is 0 Å². The van der Waals surface area contributed by atoms with Crippen LogP contribution in [0.3, 0.4) is 0 Å². The fourth-order valence-corrected chi connectivity index (χ4v) is 4.87. The maximum Gasteiger partial charge on any atom is 0.325 e. The minimum atomic E-state index is -0.877. The van der Waals surface area contributed by atoms with Crippen LogP contribution in [0.4, 0.5) is 4.79 Å². The summed E-state index contributed by atoms with van der Waals surface area (Å²) in [5, 5.41) is 2.90. The highest BCUT2D eigenvalue weighted by Gasteiger charge is 2.57. The molecule has 9 nitrogen and oxygen atoms in total. The first-order chi connectivity index (χ1) is 14.3. The average molecular weight is 416 g/mol. The first-order valence-corrected chi connectivity index (χ1v) is 10.6. The summed E-state index contributed by atoms with van der Waals surface area (Å²) in [5.74, 6) is -0.445. The molecule has 1 spiro atoms. The number of amides is 5. The second-order valence-corrected chi connectivity index (χ2v) is 8.49. The van der Waals surface area contributed by atoms with Crippen molar-refractivity contribution in [2.45, 2.75) is 51.1 Å². The second kappa shape index (κ2) is 7.77. The summed E-state index contributed by atoms with van der Waals surface area (Å²) < 4.78 is 5.16. The zero-order chi connectivity index (χ0) is 21.5. The van der Waals surface area contributed by atoms with Crippen molar-refractivity contribution in [3.05, 3.63) is 24.2 Å². The van der Waals surface area contributed by atoms with E-state index in [-0.39, 0.29) is 29.4 Å². The zero-order valence-corrected chi connectivity index (χ0v) is 17.4. The van der Waals surface area contributed by atoms with E-state index in [4.69, 9.17) is 4.42 Å². The number of hydrogen-bond donors (Lipinski definition) is 1. The lowest BCUT2D eigenvalue weighted by molar-refractivity contribution is -0.145. The topological polar surface area (TPSA) is 103 Å². The monoisotopic (exact) mass is 416 g/mol. The summed E-state index contributed by atoms with van der Waals surface area (Å²) in [6, 6.07) is 1.91. The van der Waals surface area contributed by atoms with Crippen LogP contribution in [0.5, 0.6) is 0 Å². The third-order valence-electron chi connectivity index (χ3n) is 6.80. The first kappa shape index (κ1) is 20.4. The lowest BCUT2D eigenvalue weighted by Crippen LogP contribution is -2.57. The summed E-state index contributed by atoms with van der Waals surface area (Å²) in [5.41, 5.74) is -0.877. The molecule has 1 N–H and O–H groups in total. The van der Waals surface area contributed by atoms with Gasteiger partial charge < -0.3 is 19.5 Å². The number of rotatable bonds is 3. The van der Waals surface area contributed by atoms with E-state index in [1.54, 1.807) is 28.9 Å². The molecule has 0 unspecified atom stereocenters. The minimum Gasteiger partial charge on any atom is -0.459 e. The van der Waals surface area contributed by atoms with Crippen molar-refractivity contribution in [2.75, 3.05) is 26.2 Å². The Bertz CT molecular complexity index is 846. The van der Waals surface area contributed by atoms with Crippen molar-refractivity contribution in [1.29, 1.82) is 0 Å². The minimum absolute atomic E-state index is 0.0474. The van der Waals surface area contributed by atoms with Crippen LogP contribution in [0.2, 0.25) is 0 Å². The summed E-state index contributed by atoms with van der Waals surface area (Å²) in [4.78, 5) is 55.7. The largest absolute Gasteiger partial charge is 0.459 e. The molecular formula is C21H28N4O5. The van der Waals surface area contributed by atoms with E-state index in [2.05, 4.69) is 5.32 Å². The first-order valence-electron chi connectivity index (χ1n) is 10.6. The van der Waals surface area contributed by atoms with Crippen LogP contribution >= 0.6 is 0 Å². The molecule has 0 bridgehead atoms. The molecular weight excluding hydrogens is 388 g/mol. The van der Waals surface area contributed by atoms with Crippen LogP contribution in [0.1, 0.15) is 50.1 Å². The summed E-state index contributed by atoms with van der Waals surface area (Å²) in [7, 11) is 0. The molecule has 1 aromatic heterocycles. The Hall–Kier alpha value is -2.84. The zero-order valence-electron chi connectivity index (χ0n) is 17.4. The third kappa shape index (κ3) is 3.26. The highest BCUT2D eigenvalue weighted by atomic mass is 16.3. The van der Waals surface area contributed by atoms with Gasteiger partial charge in [-0.2, -0.15) is 0 Å². The lowest BCUT2D eigenvalue weighted by Gasteiger charge is -2.38. The van der Waals surface area contributed by atoms with Crippen LogP contribution in [0.25, 0.3) is 0 Å². The molecule has 2 aliphatic heterocycles. The van der Waals surface area contributed by atoms with Gasteiger partial charge in [-0.25, -0.2) is 9.69 Å². The average Bonchev–Trinajstić information content (AvgIpc) is 3.36. The number of imide groups is 1. The molecule has 3 aliphatic rings. The second-order valence-electron chi connectivity index (χ2n) is 8.49. The molecule has 0 aromatic carbocycles. The van der Waals surface area contributed by atoms with Crippen LogP contribution in [0, 0.1) is 5.92 Å². The SMILES string of the molecule is C[C@H](C(=O)N1CCN(C(=O)c2ccco2)CC1)N1C(=O)N[C@]2(CCCC[C@H]2C)C1=O. The Morgan fingerprint density at radius 3 is 2.50 bits per heavy atom. The van der Waals surface area contributed by atoms with Crippen LogP contribution in [0.15, 0.2) is 22.8 Å². The molecule has 1 aromatic rings. The van der Waals surface area contributed by atoms with Crippen LogP contribution < -0.4 is 5.32 Å². The third-order valence-corrected chi connectivity index (χ3v) is 6.80. The Labute approximate surface area is 175 Å². The van der Waals surface area contributed by atoms with Gasteiger partial charge in [-0.3, -0.25) is 14.4 Å². The Morgan fingerprint density at radius 2 is 1.87 bits per heavy atom. The van der Waals surface area contributed by atoms with E-state index in [0.29, 0.717) is 32.6 Å². The molecule has 3 fully saturated rings. The van der Waals surface area contributed by atoms with E-state index in [9.17, 15) is 19.2 Å². The normalized spacial score (nSPS) is 28.1. The number of piperazine rings is 1. The van der Waals surface area contributed by atoms with E-state index >= 15 is 0 Å². The van der Waals surface area contributed by atoms with Gasteiger partial charge in [-0.05, 0) is 37.8 Å². The van der Waals surface area contributed by atoms with Gasteiger partial charge in [0.15, 0.2) is 5.76 Å². The highest BCUT2D eigenvalue weighted by Crippen LogP contribution is 2.38. The highest BCUT2D eigenvalue weighted by molar-refractivity contribution is 6.10. The van der Waals surface area contributed by atoms with Gasteiger partial charge in [0.1, 0.15) is 11.6 Å². The molecule has 4 rings (SSSR count). The number of urea groups is 1. The fraction of sp³-hybridized carbons (Fsp3) is 0.619. The van der Waals surface area contributed by atoms with E-state index < -0.39 is 17.6 Å². The van der Waals surface area contributed by atoms with Gasteiger partial charge in [-0.1, -0.05) is 19.8 Å². The van der Waals surface area contributed by atoms with Crippen molar-refractivity contribution in [2.24, 2.45) is 5.92 Å². The molecule has 9 heteroatoms. The Balaban J connectivity index is 1.40. The van der Waals surface area contributed by atoms with Crippen LogP contribution in [-0.4, -0.2) is 76.2 Å². The predicted octanol–water partition coefficient (Wildman–Crippen LogP) is 1.45. The van der Waals surface area contributed by atoms with Gasteiger partial charge in [0.2, 0.25) is 5.91 Å². The van der Waals surface area contributed by atoms with Crippen molar-refractivity contribution in [3.63, 3.8) is 0 Å². The number of carbonyl (C=O) groups is 4. The number of nitrogens with one attached hydrogen (secondary N) is 1. The van der Waals surface area contributed by atoms with Crippen molar-refractivity contribution in [3.8, 4) is 0 Å². The van der Waals surface area contributed by atoms with Gasteiger partial charge >= 0.3 is 6.03 Å². The van der Waals surface area contributed by atoms with E-state index in [1.165, 1.54) is 6.26 Å². The van der Waals surface area contributed by atoms with Gasteiger partial charge in [0, 0.05) is 26.2 Å². The van der Waals surface area contributed by atoms with Gasteiger partial charge in [0.25, 0.3) is 11.8 Å². The molecule has 1 aliphatic carbocycles. The summed E-state index contributed by atoms with van der Waals surface area (Å²) >= 11 is 0. The number of furan rings is 1. The molecule has 3 atom stereocenters. The van der Waals surface area contributed by atoms with E-state index in [0.717, 1.165) is 24.2 Å². The van der Waals surface area contributed by atoms with Crippen molar-refractivity contribution >= 4 is 23.8 Å². The van der Waals surface area contributed by atoms with E-state index in [1.807, 2.05) is 6.92 Å². The Morgan fingerprint density at radius 1 is 1.17 bits per heavy atom. The number of nitrogens with zero attached hydrogens (tertiary/aromatic N) is 3. The molecule has 1 saturated carbocycles. The fourth-order valence-electron chi connectivity index (χ4n) is 4.87.